The molecule has 0 radical (unpaired) electrons. The highest BCUT2D eigenvalue weighted by molar-refractivity contribution is 7.52. The van der Waals surface area contributed by atoms with E-state index in [-0.39, 0.29) is 19.4 Å². The molecule has 2 unspecified atom stereocenters. The zero-order valence-corrected chi connectivity index (χ0v) is 21.2. The van der Waals surface area contributed by atoms with E-state index < -0.39 is 13.7 Å². The minimum absolute atomic E-state index is 0.0353. The minimum atomic E-state index is -3.69. The second-order valence-corrected chi connectivity index (χ2v) is 10.6. The molecular weight excluding hydrogens is 417 g/mol. The Hall–Kier alpha value is -0.460. The smallest absolute Gasteiger partial charge is 0.329 e. The van der Waals surface area contributed by atoms with Gasteiger partial charge in [-0.2, -0.15) is 0 Å². The Morgan fingerprint density at radius 2 is 1.39 bits per heavy atom. The Morgan fingerprint density at radius 1 is 0.871 bits per heavy atom. The predicted molar refractivity (Wildman–Crippen MR) is 127 cm³/mol. The fourth-order valence-corrected chi connectivity index (χ4v) is 4.41. The van der Waals surface area contributed by atoms with E-state index in [1.807, 2.05) is 19.0 Å². The molecule has 31 heavy (non-hydrogen) atoms. The van der Waals surface area contributed by atoms with Crippen molar-refractivity contribution in [2.75, 3.05) is 46.6 Å². The summed E-state index contributed by atoms with van der Waals surface area (Å²) in [4.78, 5) is 22.3. The minimum Gasteiger partial charge on any atom is -0.460 e. The third kappa shape index (κ3) is 22.5. The van der Waals surface area contributed by atoms with Crippen molar-refractivity contribution in [1.82, 2.24) is 4.90 Å². The van der Waals surface area contributed by atoms with E-state index in [0.29, 0.717) is 19.6 Å². The van der Waals surface area contributed by atoms with E-state index in [9.17, 15) is 14.3 Å². The van der Waals surface area contributed by atoms with Gasteiger partial charge in [0.05, 0.1) is 19.4 Å². The van der Waals surface area contributed by atoms with E-state index in [2.05, 4.69) is 6.92 Å². The molecule has 0 aromatic carbocycles. The van der Waals surface area contributed by atoms with Crippen molar-refractivity contribution in [2.24, 2.45) is 0 Å². The Balaban J connectivity index is 3.60. The number of ether oxygens (including phenoxy) is 2. The van der Waals surface area contributed by atoms with Gasteiger partial charge in [-0.1, -0.05) is 84.0 Å². The van der Waals surface area contributed by atoms with Crippen molar-refractivity contribution in [3.8, 4) is 0 Å². The third-order valence-electron chi connectivity index (χ3n) is 5.24. The van der Waals surface area contributed by atoms with Crippen LogP contribution in [0.2, 0.25) is 0 Å². The molecule has 0 aliphatic carbocycles. The van der Waals surface area contributed by atoms with Gasteiger partial charge in [0.2, 0.25) is 0 Å². The average molecular weight is 466 g/mol. The fourth-order valence-electron chi connectivity index (χ4n) is 3.23. The molecule has 0 heterocycles. The highest BCUT2D eigenvalue weighted by atomic mass is 31.2. The lowest BCUT2D eigenvalue weighted by atomic mass is 10.0. The van der Waals surface area contributed by atoms with E-state index >= 15 is 0 Å². The standard InChI is InChI=1S/C23H48NO6P/c1-4-5-6-7-8-9-10-11-12-13-14-15-16-18-28-20-23(29-22-25)21-30-31(26,27)19-17-24(2)3/h22-23H,4-21H2,1-3H3,(H,26,27). The quantitative estimate of drug-likeness (QED) is 0.116. The summed E-state index contributed by atoms with van der Waals surface area (Å²) in [6, 6.07) is 0. The van der Waals surface area contributed by atoms with E-state index in [4.69, 9.17) is 14.0 Å². The zero-order chi connectivity index (χ0) is 23.2. The summed E-state index contributed by atoms with van der Waals surface area (Å²) in [5.41, 5.74) is 0. The van der Waals surface area contributed by atoms with Crippen LogP contribution in [0.15, 0.2) is 0 Å². The first-order valence-electron chi connectivity index (χ1n) is 12.2. The molecule has 0 saturated carbocycles. The number of nitrogens with zero attached hydrogens (tertiary/aromatic N) is 1. The number of carbonyl (C=O) groups is 1. The summed E-state index contributed by atoms with van der Waals surface area (Å²) < 4.78 is 27.5. The van der Waals surface area contributed by atoms with Crippen LogP contribution in [-0.2, 0) is 23.4 Å². The van der Waals surface area contributed by atoms with Gasteiger partial charge in [-0.3, -0.25) is 9.36 Å². The molecule has 2 atom stereocenters. The molecule has 0 aliphatic rings. The van der Waals surface area contributed by atoms with Gasteiger partial charge in [0.1, 0.15) is 6.10 Å². The van der Waals surface area contributed by atoms with Gasteiger partial charge < -0.3 is 23.8 Å². The highest BCUT2D eigenvalue weighted by Crippen LogP contribution is 2.41. The molecule has 0 aromatic heterocycles. The van der Waals surface area contributed by atoms with Crippen LogP contribution in [0.3, 0.4) is 0 Å². The van der Waals surface area contributed by atoms with Crippen LogP contribution < -0.4 is 0 Å². The van der Waals surface area contributed by atoms with Crippen LogP contribution in [0.25, 0.3) is 0 Å². The van der Waals surface area contributed by atoms with Crippen LogP contribution in [0.4, 0.5) is 0 Å². The first-order chi connectivity index (χ1) is 14.9. The molecule has 0 saturated heterocycles. The van der Waals surface area contributed by atoms with Crippen molar-refractivity contribution in [3.05, 3.63) is 0 Å². The van der Waals surface area contributed by atoms with E-state index in [1.54, 1.807) is 0 Å². The highest BCUT2D eigenvalue weighted by Gasteiger charge is 2.22. The molecule has 0 fully saturated rings. The van der Waals surface area contributed by atoms with Crippen LogP contribution >= 0.6 is 7.60 Å². The molecule has 0 amide bonds. The van der Waals surface area contributed by atoms with E-state index in [1.165, 1.54) is 70.6 Å². The van der Waals surface area contributed by atoms with Gasteiger partial charge in [-0.15, -0.1) is 0 Å². The SMILES string of the molecule is CCCCCCCCCCCCCCCOCC(COP(=O)(O)CCN(C)C)OC=O. The second kappa shape index (κ2) is 21.4. The summed E-state index contributed by atoms with van der Waals surface area (Å²) in [6.07, 6.45) is 16.2. The van der Waals surface area contributed by atoms with Crippen molar-refractivity contribution in [3.63, 3.8) is 0 Å². The zero-order valence-electron chi connectivity index (χ0n) is 20.3. The number of hydrogen-bond donors (Lipinski definition) is 1. The number of carbonyl (C=O) groups excluding carboxylic acids is 1. The summed E-state index contributed by atoms with van der Waals surface area (Å²) in [6.45, 7) is 3.65. The van der Waals surface area contributed by atoms with Gasteiger partial charge in [0.15, 0.2) is 0 Å². The van der Waals surface area contributed by atoms with E-state index in [0.717, 1.165) is 12.8 Å². The molecular formula is C23H48NO6P. The molecule has 0 bridgehead atoms. The maximum Gasteiger partial charge on any atom is 0.329 e. The normalized spacial score (nSPS) is 14.5. The second-order valence-electron chi connectivity index (χ2n) is 8.63. The summed E-state index contributed by atoms with van der Waals surface area (Å²) in [7, 11) is -0.0478. The lowest BCUT2D eigenvalue weighted by Gasteiger charge is -2.19. The molecule has 0 spiro atoms. The van der Waals surface area contributed by atoms with Crippen molar-refractivity contribution < 1.29 is 28.3 Å². The Labute approximate surface area is 190 Å². The number of hydrogen-bond acceptors (Lipinski definition) is 6. The third-order valence-corrected chi connectivity index (χ3v) is 6.55. The van der Waals surface area contributed by atoms with Gasteiger partial charge in [-0.05, 0) is 20.5 Å². The summed E-state index contributed by atoms with van der Waals surface area (Å²) >= 11 is 0. The first kappa shape index (κ1) is 30.5. The molecule has 7 nitrogen and oxygen atoms in total. The number of unbranched alkanes of at least 4 members (excludes halogenated alkanes) is 12. The van der Waals surface area contributed by atoms with Crippen LogP contribution in [0, 0.1) is 0 Å². The number of rotatable bonds is 24. The van der Waals surface area contributed by atoms with Crippen molar-refractivity contribution in [2.45, 2.75) is 96.5 Å². The van der Waals surface area contributed by atoms with Crippen LogP contribution in [0.1, 0.15) is 90.4 Å². The van der Waals surface area contributed by atoms with Crippen molar-refractivity contribution in [1.29, 1.82) is 0 Å². The average Bonchev–Trinajstić information content (AvgIpc) is 2.73. The molecule has 0 aliphatic heterocycles. The summed E-state index contributed by atoms with van der Waals surface area (Å²) in [5, 5.41) is 0. The Morgan fingerprint density at radius 3 is 1.87 bits per heavy atom. The van der Waals surface area contributed by atoms with Crippen molar-refractivity contribution >= 4 is 14.1 Å². The Kier molecular flexibility index (Phi) is 21.1. The molecule has 8 heteroatoms. The topological polar surface area (TPSA) is 85.3 Å². The first-order valence-corrected chi connectivity index (χ1v) is 14.0. The molecule has 0 rings (SSSR count). The molecule has 1 N–H and O–H groups in total. The lowest BCUT2D eigenvalue weighted by molar-refractivity contribution is -0.138. The largest absolute Gasteiger partial charge is 0.460 e. The monoisotopic (exact) mass is 465 g/mol. The van der Waals surface area contributed by atoms with Gasteiger partial charge >= 0.3 is 7.60 Å². The lowest BCUT2D eigenvalue weighted by Crippen LogP contribution is -2.26. The van der Waals surface area contributed by atoms with Gasteiger partial charge in [0, 0.05) is 13.2 Å². The summed E-state index contributed by atoms with van der Waals surface area (Å²) in [5.74, 6) is 0. The van der Waals surface area contributed by atoms with Crippen LogP contribution in [0.5, 0.6) is 0 Å². The maximum absolute atomic E-state index is 12.0. The van der Waals surface area contributed by atoms with Gasteiger partial charge in [-0.25, -0.2) is 0 Å². The maximum atomic E-state index is 12.0. The fraction of sp³-hybridized carbons (Fsp3) is 0.957. The Bertz CT molecular complexity index is 450. The molecule has 186 valence electrons. The van der Waals surface area contributed by atoms with Crippen LogP contribution in [-0.4, -0.2) is 69.0 Å². The van der Waals surface area contributed by atoms with Gasteiger partial charge in [0.25, 0.3) is 6.47 Å². The predicted octanol–water partition coefficient (Wildman–Crippen LogP) is 5.40. The molecule has 0 aromatic rings.